The van der Waals surface area contributed by atoms with E-state index in [0.717, 1.165) is 37.5 Å². The molecule has 0 radical (unpaired) electrons. The molecule has 0 aliphatic carbocycles. The highest BCUT2D eigenvalue weighted by Crippen LogP contribution is 2.14. The van der Waals surface area contributed by atoms with Gasteiger partial charge in [0.05, 0.1) is 24.9 Å². The van der Waals surface area contributed by atoms with Crippen molar-refractivity contribution in [1.82, 2.24) is 15.6 Å². The lowest BCUT2D eigenvalue weighted by atomic mass is 10.1. The molecule has 1 aliphatic rings. The largest absolute Gasteiger partial charge is 0.444 e. The van der Waals surface area contributed by atoms with E-state index in [-0.39, 0.29) is 0 Å². The molecule has 0 unspecified atom stereocenters. The van der Waals surface area contributed by atoms with Gasteiger partial charge < -0.3 is 24.5 Å². The average Bonchev–Trinajstić information content (AvgIpc) is 3.05. The van der Waals surface area contributed by atoms with Crippen LogP contribution in [-0.2, 0) is 29.2 Å². The van der Waals surface area contributed by atoms with Gasteiger partial charge in [0.1, 0.15) is 5.76 Å². The van der Waals surface area contributed by atoms with Crippen LogP contribution in [0.5, 0.6) is 0 Å². The third-order valence-corrected chi connectivity index (χ3v) is 4.81. The van der Waals surface area contributed by atoms with Crippen molar-refractivity contribution >= 4 is 5.96 Å². The van der Waals surface area contributed by atoms with E-state index in [1.807, 2.05) is 13.8 Å². The first-order chi connectivity index (χ1) is 13.6. The number of benzene rings is 1. The molecule has 7 nitrogen and oxygen atoms in total. The van der Waals surface area contributed by atoms with Crippen LogP contribution in [0.3, 0.4) is 0 Å². The van der Waals surface area contributed by atoms with Crippen LogP contribution in [0.25, 0.3) is 0 Å². The van der Waals surface area contributed by atoms with Crippen LogP contribution in [0.2, 0.25) is 0 Å². The second-order valence-corrected chi connectivity index (χ2v) is 6.97. The van der Waals surface area contributed by atoms with Crippen LogP contribution in [0.15, 0.2) is 33.7 Å². The summed E-state index contributed by atoms with van der Waals surface area (Å²) >= 11 is 0. The highest BCUT2D eigenvalue weighted by atomic mass is 16.5. The minimum atomic E-state index is 0.307. The number of nitrogens with one attached hydrogen (secondary N) is 2. The van der Waals surface area contributed by atoms with Gasteiger partial charge in [-0.3, -0.25) is 4.99 Å². The first kappa shape index (κ1) is 20.4. The van der Waals surface area contributed by atoms with E-state index in [1.165, 1.54) is 11.1 Å². The molecule has 2 aromatic rings. The van der Waals surface area contributed by atoms with Gasteiger partial charge in [0.25, 0.3) is 0 Å². The molecule has 1 saturated heterocycles. The van der Waals surface area contributed by atoms with Gasteiger partial charge in [0.15, 0.2) is 5.96 Å². The Kier molecular flexibility index (Phi) is 7.45. The Balaban J connectivity index is 1.45. The second kappa shape index (κ2) is 10.2. The first-order valence-corrected chi connectivity index (χ1v) is 9.78. The SMILES string of the molecule is CN=C(NCc1cccc(COC2CCOCC2)c1)NCc1nc(C)c(C)o1. The van der Waals surface area contributed by atoms with E-state index in [4.69, 9.17) is 13.9 Å². The molecular weight excluding hydrogens is 356 g/mol. The van der Waals surface area contributed by atoms with E-state index in [0.29, 0.717) is 37.7 Å². The van der Waals surface area contributed by atoms with E-state index in [2.05, 4.69) is 44.9 Å². The normalized spacial score (nSPS) is 15.6. The minimum Gasteiger partial charge on any atom is -0.444 e. The number of hydrogen-bond acceptors (Lipinski definition) is 5. The van der Waals surface area contributed by atoms with Crippen LogP contribution >= 0.6 is 0 Å². The molecule has 0 saturated carbocycles. The number of rotatable bonds is 7. The molecule has 0 bridgehead atoms. The van der Waals surface area contributed by atoms with Crippen molar-refractivity contribution < 1.29 is 13.9 Å². The van der Waals surface area contributed by atoms with E-state index in [9.17, 15) is 0 Å². The molecule has 0 spiro atoms. The topological polar surface area (TPSA) is 80.9 Å². The van der Waals surface area contributed by atoms with Crippen molar-refractivity contribution in [3.63, 3.8) is 0 Å². The summed E-state index contributed by atoms with van der Waals surface area (Å²) in [5.41, 5.74) is 3.28. The fourth-order valence-electron chi connectivity index (χ4n) is 3.07. The Morgan fingerprint density at radius 2 is 1.93 bits per heavy atom. The van der Waals surface area contributed by atoms with Crippen molar-refractivity contribution in [2.75, 3.05) is 20.3 Å². The van der Waals surface area contributed by atoms with Crippen LogP contribution in [0, 0.1) is 13.8 Å². The number of nitrogens with zero attached hydrogens (tertiary/aromatic N) is 2. The molecule has 1 aromatic carbocycles. The van der Waals surface area contributed by atoms with Gasteiger partial charge in [0, 0.05) is 26.8 Å². The molecule has 152 valence electrons. The monoisotopic (exact) mass is 386 g/mol. The summed E-state index contributed by atoms with van der Waals surface area (Å²) in [5, 5.41) is 6.55. The van der Waals surface area contributed by atoms with E-state index < -0.39 is 0 Å². The Hall–Kier alpha value is -2.38. The standard InChI is InChI=1S/C21H30N4O3/c1-15-16(2)28-20(25-15)13-24-21(22-3)23-12-17-5-4-6-18(11-17)14-27-19-7-9-26-10-8-19/h4-6,11,19H,7-10,12-14H2,1-3H3,(H2,22,23,24). The Morgan fingerprint density at radius 1 is 1.18 bits per heavy atom. The van der Waals surface area contributed by atoms with Gasteiger partial charge in [-0.05, 0) is 37.8 Å². The number of aromatic nitrogens is 1. The lowest BCUT2D eigenvalue weighted by Crippen LogP contribution is -2.36. The fourth-order valence-corrected chi connectivity index (χ4v) is 3.07. The van der Waals surface area contributed by atoms with Crippen molar-refractivity contribution in [1.29, 1.82) is 0 Å². The maximum Gasteiger partial charge on any atom is 0.214 e. The molecule has 2 heterocycles. The van der Waals surface area contributed by atoms with Crippen molar-refractivity contribution in [2.45, 2.75) is 52.5 Å². The second-order valence-electron chi connectivity index (χ2n) is 6.97. The predicted octanol–water partition coefficient (Wildman–Crippen LogP) is 2.85. The van der Waals surface area contributed by atoms with Gasteiger partial charge >= 0.3 is 0 Å². The maximum absolute atomic E-state index is 6.02. The fraction of sp³-hybridized carbons (Fsp3) is 0.524. The highest BCUT2D eigenvalue weighted by molar-refractivity contribution is 5.79. The highest BCUT2D eigenvalue weighted by Gasteiger charge is 2.14. The van der Waals surface area contributed by atoms with Gasteiger partial charge in [0.2, 0.25) is 5.89 Å². The van der Waals surface area contributed by atoms with E-state index >= 15 is 0 Å². The zero-order chi connectivity index (χ0) is 19.8. The van der Waals surface area contributed by atoms with Gasteiger partial charge in [-0.25, -0.2) is 4.98 Å². The molecule has 7 heteroatoms. The predicted molar refractivity (Wildman–Crippen MR) is 108 cm³/mol. The summed E-state index contributed by atoms with van der Waals surface area (Å²) in [6.45, 7) is 7.25. The molecule has 0 atom stereocenters. The summed E-state index contributed by atoms with van der Waals surface area (Å²) in [4.78, 5) is 8.63. The molecule has 1 aromatic heterocycles. The minimum absolute atomic E-state index is 0.307. The molecular formula is C21H30N4O3. The van der Waals surface area contributed by atoms with Crippen molar-refractivity contribution in [3.05, 3.63) is 52.7 Å². The van der Waals surface area contributed by atoms with Gasteiger partial charge in [-0.1, -0.05) is 24.3 Å². The molecule has 2 N–H and O–H groups in total. The third kappa shape index (κ3) is 6.07. The van der Waals surface area contributed by atoms with Gasteiger partial charge in [-0.2, -0.15) is 0 Å². The molecule has 0 amide bonds. The molecule has 1 fully saturated rings. The number of aryl methyl sites for hydroxylation is 2. The van der Waals surface area contributed by atoms with Crippen LogP contribution in [0.1, 0.15) is 41.3 Å². The number of aliphatic imine (C=N–C) groups is 1. The first-order valence-electron chi connectivity index (χ1n) is 9.78. The van der Waals surface area contributed by atoms with Crippen molar-refractivity contribution in [3.8, 4) is 0 Å². The van der Waals surface area contributed by atoms with Crippen LogP contribution in [-0.4, -0.2) is 37.3 Å². The quantitative estimate of drug-likeness (QED) is 0.563. The molecule has 3 rings (SSSR count). The summed E-state index contributed by atoms with van der Waals surface area (Å²) in [6.07, 6.45) is 2.26. The number of ether oxygens (including phenoxy) is 2. The number of oxazole rings is 1. The Labute approximate surface area is 166 Å². The number of guanidine groups is 1. The zero-order valence-electron chi connectivity index (χ0n) is 17.0. The summed E-state index contributed by atoms with van der Waals surface area (Å²) in [5.74, 6) is 2.21. The van der Waals surface area contributed by atoms with Crippen LogP contribution < -0.4 is 10.6 Å². The smallest absolute Gasteiger partial charge is 0.214 e. The number of hydrogen-bond donors (Lipinski definition) is 2. The maximum atomic E-state index is 6.02. The summed E-state index contributed by atoms with van der Waals surface area (Å²) in [7, 11) is 1.75. The molecule has 28 heavy (non-hydrogen) atoms. The van der Waals surface area contributed by atoms with Crippen LogP contribution in [0.4, 0.5) is 0 Å². The lowest BCUT2D eigenvalue weighted by molar-refractivity contribution is -0.0390. The van der Waals surface area contributed by atoms with Crippen molar-refractivity contribution in [2.24, 2.45) is 4.99 Å². The summed E-state index contributed by atoms with van der Waals surface area (Å²) in [6, 6.07) is 8.43. The molecule has 1 aliphatic heterocycles. The Bertz CT molecular complexity index is 762. The van der Waals surface area contributed by atoms with Gasteiger partial charge in [-0.15, -0.1) is 0 Å². The summed E-state index contributed by atoms with van der Waals surface area (Å²) < 4.78 is 17.0. The average molecular weight is 386 g/mol. The third-order valence-electron chi connectivity index (χ3n) is 4.81. The Morgan fingerprint density at radius 3 is 2.64 bits per heavy atom. The lowest BCUT2D eigenvalue weighted by Gasteiger charge is -2.22. The van der Waals surface area contributed by atoms with E-state index in [1.54, 1.807) is 7.05 Å². The zero-order valence-corrected chi connectivity index (χ0v) is 17.0.